The van der Waals surface area contributed by atoms with E-state index in [0.29, 0.717) is 28.3 Å². The van der Waals surface area contributed by atoms with Crippen LogP contribution in [0.3, 0.4) is 0 Å². The van der Waals surface area contributed by atoms with Gasteiger partial charge in [-0.3, -0.25) is 9.36 Å². The average Bonchev–Trinajstić information content (AvgIpc) is 3.29. The van der Waals surface area contributed by atoms with Crippen molar-refractivity contribution in [3.05, 3.63) is 71.5 Å². The molecule has 0 unspecified atom stereocenters. The Labute approximate surface area is 228 Å². The maximum absolute atomic E-state index is 13.3. The van der Waals surface area contributed by atoms with Crippen LogP contribution >= 0.6 is 11.6 Å². The summed E-state index contributed by atoms with van der Waals surface area (Å²) in [4.78, 5) is 26.8. The lowest BCUT2D eigenvalue weighted by atomic mass is 10.1. The van der Waals surface area contributed by atoms with Crippen molar-refractivity contribution in [3.63, 3.8) is 0 Å². The van der Waals surface area contributed by atoms with E-state index in [0.717, 1.165) is 0 Å². The molecule has 3 rings (SSSR count). The minimum absolute atomic E-state index is 0.0171. The summed E-state index contributed by atoms with van der Waals surface area (Å²) >= 11 is 6.16. The van der Waals surface area contributed by atoms with Gasteiger partial charge in [0.1, 0.15) is 5.60 Å². The lowest BCUT2D eigenvalue weighted by molar-refractivity contribution is -0.115. The van der Waals surface area contributed by atoms with Crippen molar-refractivity contribution >= 4 is 45.5 Å². The van der Waals surface area contributed by atoms with E-state index in [1.807, 2.05) is 0 Å². The zero-order valence-electron chi connectivity index (χ0n) is 21.9. The predicted molar refractivity (Wildman–Crippen MR) is 150 cm³/mol. The Morgan fingerprint density at radius 1 is 1.13 bits per heavy atom. The molecule has 202 valence electrons. The minimum atomic E-state index is -4.15. The molecule has 38 heavy (non-hydrogen) atoms. The molecular formula is C27H31ClN4O5S. The van der Waals surface area contributed by atoms with Crippen LogP contribution in [0.25, 0.3) is 11.1 Å². The molecule has 0 aliphatic carbocycles. The van der Waals surface area contributed by atoms with Crippen LogP contribution in [0.2, 0.25) is 5.02 Å². The quantitative estimate of drug-likeness (QED) is 0.385. The molecule has 0 radical (unpaired) electrons. The fourth-order valence-corrected chi connectivity index (χ4v) is 4.73. The number of nitrogens with zero attached hydrogens (tertiary/aromatic N) is 3. The number of anilines is 1. The molecule has 2 aromatic carbocycles. The monoisotopic (exact) mass is 558 g/mol. The number of sulfonamides is 1. The highest BCUT2D eigenvalue weighted by Gasteiger charge is 2.22. The summed E-state index contributed by atoms with van der Waals surface area (Å²) < 4.78 is 37.0. The predicted octanol–water partition coefficient (Wildman–Crippen LogP) is 5.09. The molecule has 11 heteroatoms. The lowest BCUT2D eigenvalue weighted by Gasteiger charge is -2.19. The number of carbonyl (C=O) groups is 2. The van der Waals surface area contributed by atoms with Crippen LogP contribution in [0.4, 0.5) is 10.5 Å². The average molecular weight is 559 g/mol. The Morgan fingerprint density at radius 3 is 2.50 bits per heavy atom. The first-order chi connectivity index (χ1) is 17.7. The van der Waals surface area contributed by atoms with Gasteiger partial charge in [0.15, 0.2) is 0 Å². The first-order valence-corrected chi connectivity index (χ1v) is 13.6. The summed E-state index contributed by atoms with van der Waals surface area (Å²) in [5.41, 5.74) is 1.01. The maximum atomic E-state index is 13.3. The topological polar surface area (TPSA) is 110 Å². The molecule has 0 fully saturated rings. The van der Waals surface area contributed by atoms with Gasteiger partial charge in [-0.05, 0) is 64.7 Å². The van der Waals surface area contributed by atoms with Gasteiger partial charge in [0.2, 0.25) is 5.91 Å². The van der Waals surface area contributed by atoms with Crippen LogP contribution in [-0.4, -0.2) is 62.3 Å². The summed E-state index contributed by atoms with van der Waals surface area (Å²) in [5, 5.41) is 3.19. The number of hydrogen-bond donors (Lipinski definition) is 1. The number of hydrogen-bond acceptors (Lipinski definition) is 6. The zero-order valence-corrected chi connectivity index (χ0v) is 23.5. The van der Waals surface area contributed by atoms with E-state index in [-0.39, 0.29) is 22.9 Å². The minimum Gasteiger partial charge on any atom is -0.443 e. The van der Waals surface area contributed by atoms with E-state index in [1.54, 1.807) is 82.2 Å². The highest BCUT2D eigenvalue weighted by molar-refractivity contribution is 7.90. The van der Waals surface area contributed by atoms with Crippen LogP contribution in [0, 0.1) is 0 Å². The molecular weight excluding hydrogens is 528 g/mol. The van der Waals surface area contributed by atoms with Crippen molar-refractivity contribution in [1.82, 2.24) is 9.47 Å². The third-order valence-corrected chi connectivity index (χ3v) is 6.81. The van der Waals surface area contributed by atoms with E-state index < -0.39 is 21.7 Å². The molecule has 0 saturated carbocycles. The third-order valence-electron chi connectivity index (χ3n) is 5.12. The third kappa shape index (κ3) is 8.01. The van der Waals surface area contributed by atoms with Gasteiger partial charge in [-0.15, -0.1) is 0 Å². The first kappa shape index (κ1) is 29.1. The Morgan fingerprint density at radius 2 is 1.84 bits per heavy atom. The Bertz CT molecular complexity index is 1460. The maximum Gasteiger partial charge on any atom is 0.418 e. The highest BCUT2D eigenvalue weighted by atomic mass is 35.5. The molecule has 0 aliphatic rings. The standard InChI is InChI=1S/C27H31ClN4O5S/c1-27(2,3)37-26(34)32-14-12-20(18-32)22-11-10-21(17-24(22)38(35,36)29-13-15-31(4)5)30-25(33)16-19-8-6-7-9-23(19)28/h6-14,17-18H,15-16H2,1-5H3,(H,30,33)/b29-13+. The second kappa shape index (κ2) is 11.9. The van der Waals surface area contributed by atoms with Gasteiger partial charge in [0.25, 0.3) is 10.0 Å². The Kier molecular flexibility index (Phi) is 9.14. The summed E-state index contributed by atoms with van der Waals surface area (Å²) in [6.45, 7) is 5.58. The molecule has 1 amide bonds. The molecule has 0 aliphatic heterocycles. The van der Waals surface area contributed by atoms with Crippen molar-refractivity contribution in [1.29, 1.82) is 0 Å². The lowest BCUT2D eigenvalue weighted by Crippen LogP contribution is -2.26. The van der Waals surface area contributed by atoms with Gasteiger partial charge in [-0.2, -0.15) is 12.8 Å². The van der Waals surface area contributed by atoms with Gasteiger partial charge in [0, 0.05) is 47.0 Å². The van der Waals surface area contributed by atoms with Gasteiger partial charge < -0.3 is 15.0 Å². The Balaban J connectivity index is 1.97. The molecule has 0 spiro atoms. The number of aromatic nitrogens is 1. The van der Waals surface area contributed by atoms with Crippen LogP contribution < -0.4 is 5.32 Å². The van der Waals surface area contributed by atoms with Crippen molar-refractivity contribution in [2.75, 3.05) is 26.0 Å². The van der Waals surface area contributed by atoms with E-state index in [2.05, 4.69) is 9.71 Å². The second-order valence-electron chi connectivity index (χ2n) is 9.84. The molecule has 9 nitrogen and oxygen atoms in total. The van der Waals surface area contributed by atoms with Crippen molar-refractivity contribution in [3.8, 4) is 11.1 Å². The molecule has 3 aromatic rings. The van der Waals surface area contributed by atoms with E-state index in [9.17, 15) is 18.0 Å². The smallest absolute Gasteiger partial charge is 0.418 e. The zero-order chi connectivity index (χ0) is 28.1. The number of ether oxygens (including phenoxy) is 1. The van der Waals surface area contributed by atoms with Gasteiger partial charge in [0.05, 0.1) is 11.3 Å². The molecule has 1 heterocycles. The summed E-state index contributed by atoms with van der Waals surface area (Å²) in [6.07, 6.45) is 3.70. The number of amides is 1. The van der Waals surface area contributed by atoms with E-state index in [4.69, 9.17) is 16.3 Å². The number of carbonyl (C=O) groups excluding carboxylic acids is 2. The number of nitrogens with one attached hydrogen (secondary N) is 1. The number of halogens is 1. The SMILES string of the molecule is CN(C)C/C=N/S(=O)(=O)c1cc(NC(=O)Cc2ccccc2Cl)ccc1-c1ccn(C(=O)OC(C)(C)C)c1. The van der Waals surface area contributed by atoms with Crippen molar-refractivity contribution in [2.24, 2.45) is 4.40 Å². The highest BCUT2D eigenvalue weighted by Crippen LogP contribution is 2.32. The fraction of sp³-hybridized carbons (Fsp3) is 0.296. The van der Waals surface area contributed by atoms with Crippen LogP contribution in [0.5, 0.6) is 0 Å². The van der Waals surface area contributed by atoms with E-state index >= 15 is 0 Å². The van der Waals surface area contributed by atoms with Crippen molar-refractivity contribution < 1.29 is 22.7 Å². The summed E-state index contributed by atoms with van der Waals surface area (Å²) in [7, 11) is -0.573. The molecule has 0 bridgehead atoms. The second-order valence-corrected chi connectivity index (χ2v) is 11.8. The van der Waals surface area contributed by atoms with Crippen molar-refractivity contribution in [2.45, 2.75) is 37.7 Å². The summed E-state index contributed by atoms with van der Waals surface area (Å²) in [6, 6.07) is 13.1. The van der Waals surface area contributed by atoms with Gasteiger partial charge in [-0.1, -0.05) is 35.9 Å². The van der Waals surface area contributed by atoms with Gasteiger partial charge >= 0.3 is 6.09 Å². The van der Waals surface area contributed by atoms with Gasteiger partial charge in [-0.25, -0.2) is 4.79 Å². The molecule has 0 saturated heterocycles. The normalized spacial score (nSPS) is 12.2. The van der Waals surface area contributed by atoms with Crippen LogP contribution in [0.15, 0.2) is 70.2 Å². The molecule has 0 atom stereocenters. The fourth-order valence-electron chi connectivity index (χ4n) is 3.41. The first-order valence-electron chi connectivity index (χ1n) is 11.8. The van der Waals surface area contributed by atoms with Crippen LogP contribution in [0.1, 0.15) is 26.3 Å². The van der Waals surface area contributed by atoms with E-state index in [1.165, 1.54) is 29.2 Å². The number of benzene rings is 2. The Hall–Kier alpha value is -3.47. The van der Waals surface area contributed by atoms with Crippen LogP contribution in [-0.2, 0) is 26.0 Å². The number of rotatable bonds is 8. The molecule has 1 aromatic heterocycles. The molecule has 1 N–H and O–H groups in total. The summed E-state index contributed by atoms with van der Waals surface area (Å²) in [5.74, 6) is -0.360. The largest absolute Gasteiger partial charge is 0.443 e.